The van der Waals surface area contributed by atoms with Crippen LogP contribution in [0.1, 0.15) is 23.2 Å². The monoisotopic (exact) mass is 312 g/mol. The summed E-state index contributed by atoms with van der Waals surface area (Å²) in [5.74, 6) is 0.251. The Morgan fingerprint density at radius 1 is 1.22 bits per heavy atom. The zero-order valence-corrected chi connectivity index (χ0v) is 12.4. The molecule has 2 N–H and O–H groups in total. The predicted molar refractivity (Wildman–Crippen MR) is 82.9 cm³/mol. The van der Waals surface area contributed by atoms with Crippen molar-refractivity contribution < 1.29 is 9.59 Å². The number of nitrogens with zero attached hydrogens (tertiary/aromatic N) is 2. The van der Waals surface area contributed by atoms with Gasteiger partial charge in [-0.1, -0.05) is 6.07 Å². The van der Waals surface area contributed by atoms with Gasteiger partial charge in [-0.2, -0.15) is 5.10 Å². The van der Waals surface area contributed by atoms with Crippen molar-refractivity contribution in [2.75, 3.05) is 13.1 Å². The first kappa shape index (κ1) is 13.9. The maximum Gasteiger partial charge on any atom is 0.272 e. The highest BCUT2D eigenvalue weighted by Gasteiger charge is 2.39. The number of fused-ring (bicyclic) bond motifs is 2. The second kappa shape index (κ2) is 5.19. The van der Waals surface area contributed by atoms with Crippen molar-refractivity contribution in [3.05, 3.63) is 40.3 Å². The molecule has 2 aliphatic rings. The summed E-state index contributed by atoms with van der Waals surface area (Å²) in [5, 5.41) is 10.1. The molecule has 4 rings (SSSR count). The van der Waals surface area contributed by atoms with Gasteiger partial charge in [0.05, 0.1) is 17.6 Å². The number of benzene rings is 1. The van der Waals surface area contributed by atoms with E-state index in [9.17, 15) is 14.4 Å². The molecule has 2 saturated heterocycles. The van der Waals surface area contributed by atoms with Crippen molar-refractivity contribution in [3.63, 3.8) is 0 Å². The number of hydrogen-bond acceptors (Lipinski definition) is 4. The molecule has 118 valence electrons. The molecule has 2 fully saturated rings. The van der Waals surface area contributed by atoms with Crippen LogP contribution in [0.3, 0.4) is 0 Å². The van der Waals surface area contributed by atoms with E-state index in [-0.39, 0.29) is 23.4 Å². The molecule has 2 unspecified atom stereocenters. The Hall–Kier alpha value is -2.70. The van der Waals surface area contributed by atoms with Gasteiger partial charge in [0.15, 0.2) is 0 Å². The van der Waals surface area contributed by atoms with Gasteiger partial charge in [0.25, 0.3) is 11.5 Å². The van der Waals surface area contributed by atoms with Crippen LogP contribution in [-0.2, 0) is 4.79 Å². The van der Waals surface area contributed by atoms with Crippen LogP contribution in [0.4, 0.5) is 0 Å². The first-order valence-electron chi connectivity index (χ1n) is 7.68. The maximum atomic E-state index is 12.9. The number of nitrogens with one attached hydrogen (secondary N) is 2. The lowest BCUT2D eigenvalue weighted by Crippen LogP contribution is -2.44. The fourth-order valence-corrected chi connectivity index (χ4v) is 3.56. The lowest BCUT2D eigenvalue weighted by atomic mass is 9.94. The zero-order chi connectivity index (χ0) is 16.0. The van der Waals surface area contributed by atoms with E-state index in [0.29, 0.717) is 41.8 Å². The lowest BCUT2D eigenvalue weighted by Gasteiger charge is -2.24. The number of carbonyl (C=O) groups is 2. The number of aromatic nitrogens is 2. The minimum Gasteiger partial charge on any atom is -0.351 e. The van der Waals surface area contributed by atoms with Crippen LogP contribution >= 0.6 is 0 Å². The summed E-state index contributed by atoms with van der Waals surface area (Å²) >= 11 is 0. The van der Waals surface area contributed by atoms with E-state index in [1.807, 2.05) is 0 Å². The highest BCUT2D eigenvalue weighted by molar-refractivity contribution is 6.06. The molecule has 0 spiro atoms. The summed E-state index contributed by atoms with van der Waals surface area (Å²) in [6.45, 7) is 1.15. The van der Waals surface area contributed by atoms with E-state index in [1.54, 1.807) is 23.1 Å². The van der Waals surface area contributed by atoms with Gasteiger partial charge in [-0.25, -0.2) is 5.10 Å². The van der Waals surface area contributed by atoms with Crippen LogP contribution in [0.2, 0.25) is 0 Å². The molecule has 0 bridgehead atoms. The van der Waals surface area contributed by atoms with Gasteiger partial charge in [0, 0.05) is 30.5 Å². The molecule has 2 atom stereocenters. The second-order valence-electron chi connectivity index (χ2n) is 6.15. The van der Waals surface area contributed by atoms with Crippen molar-refractivity contribution >= 4 is 22.6 Å². The Kier molecular flexibility index (Phi) is 3.14. The third-order valence-electron chi connectivity index (χ3n) is 4.76. The molecule has 23 heavy (non-hydrogen) atoms. The molecule has 7 heteroatoms. The molecule has 1 aromatic carbocycles. The van der Waals surface area contributed by atoms with Crippen molar-refractivity contribution in [2.45, 2.75) is 18.9 Å². The van der Waals surface area contributed by atoms with Gasteiger partial charge in [0.1, 0.15) is 0 Å². The number of carbonyl (C=O) groups excluding carboxylic acids is 2. The summed E-state index contributed by atoms with van der Waals surface area (Å²) < 4.78 is 0. The van der Waals surface area contributed by atoms with Gasteiger partial charge < -0.3 is 10.2 Å². The fourth-order valence-electron chi connectivity index (χ4n) is 3.56. The molecule has 1 aromatic heterocycles. The van der Waals surface area contributed by atoms with Gasteiger partial charge in [-0.05, 0) is 24.5 Å². The zero-order valence-electron chi connectivity index (χ0n) is 12.4. The minimum atomic E-state index is -0.306. The molecule has 0 saturated carbocycles. The largest absolute Gasteiger partial charge is 0.351 e. The Balaban J connectivity index is 1.67. The first-order chi connectivity index (χ1) is 11.1. The topological polar surface area (TPSA) is 95.2 Å². The number of aromatic amines is 1. The molecule has 2 aliphatic heterocycles. The Morgan fingerprint density at radius 2 is 2.09 bits per heavy atom. The SMILES string of the molecule is O=C1CCC2CN(C(=O)c3cccc4c(=O)[nH]ncc34)CC2N1. The Labute approximate surface area is 131 Å². The third kappa shape index (κ3) is 2.28. The fraction of sp³-hybridized carbons (Fsp3) is 0.375. The van der Waals surface area contributed by atoms with E-state index < -0.39 is 0 Å². The minimum absolute atomic E-state index is 0.0386. The van der Waals surface area contributed by atoms with Crippen molar-refractivity contribution in [3.8, 4) is 0 Å². The van der Waals surface area contributed by atoms with Crippen LogP contribution in [-0.4, -0.2) is 46.0 Å². The normalized spacial score (nSPS) is 23.7. The second-order valence-corrected chi connectivity index (χ2v) is 6.15. The van der Waals surface area contributed by atoms with Crippen molar-refractivity contribution in [2.24, 2.45) is 5.92 Å². The van der Waals surface area contributed by atoms with E-state index in [2.05, 4.69) is 15.5 Å². The van der Waals surface area contributed by atoms with Crippen LogP contribution in [0.25, 0.3) is 10.8 Å². The molecular weight excluding hydrogens is 296 g/mol. The number of H-pyrrole nitrogens is 1. The highest BCUT2D eigenvalue weighted by atomic mass is 16.2. The molecular formula is C16H16N4O3. The summed E-state index contributed by atoms with van der Waals surface area (Å²) in [6.07, 6.45) is 2.85. The van der Waals surface area contributed by atoms with E-state index in [4.69, 9.17) is 0 Å². The molecule has 2 amide bonds. The molecule has 7 nitrogen and oxygen atoms in total. The first-order valence-corrected chi connectivity index (χ1v) is 7.68. The summed E-state index contributed by atoms with van der Waals surface area (Å²) in [5.41, 5.74) is 0.172. The van der Waals surface area contributed by atoms with E-state index in [1.165, 1.54) is 6.20 Å². The van der Waals surface area contributed by atoms with Gasteiger partial charge >= 0.3 is 0 Å². The summed E-state index contributed by atoms with van der Waals surface area (Å²) in [7, 11) is 0. The van der Waals surface area contributed by atoms with Crippen LogP contribution in [0, 0.1) is 5.92 Å². The summed E-state index contributed by atoms with van der Waals surface area (Å²) in [4.78, 5) is 38.0. The van der Waals surface area contributed by atoms with Crippen molar-refractivity contribution in [1.82, 2.24) is 20.4 Å². The Bertz CT molecular complexity index is 860. The van der Waals surface area contributed by atoms with Gasteiger partial charge in [-0.15, -0.1) is 0 Å². The molecule has 2 aromatic rings. The molecule has 3 heterocycles. The summed E-state index contributed by atoms with van der Waals surface area (Å²) in [6, 6.07) is 5.13. The highest BCUT2D eigenvalue weighted by Crippen LogP contribution is 2.27. The van der Waals surface area contributed by atoms with E-state index in [0.717, 1.165) is 6.42 Å². The average molecular weight is 312 g/mol. The smallest absolute Gasteiger partial charge is 0.272 e. The maximum absolute atomic E-state index is 12.9. The average Bonchev–Trinajstić information content (AvgIpc) is 2.97. The predicted octanol–water partition coefficient (Wildman–Crippen LogP) is 0.274. The number of hydrogen-bond donors (Lipinski definition) is 2. The number of likely N-dealkylation sites (tertiary alicyclic amines) is 1. The van der Waals surface area contributed by atoms with Gasteiger partial charge in [0.2, 0.25) is 5.91 Å². The number of amides is 2. The molecule has 0 aliphatic carbocycles. The third-order valence-corrected chi connectivity index (χ3v) is 4.76. The van der Waals surface area contributed by atoms with Crippen LogP contribution in [0.15, 0.2) is 29.2 Å². The standard InChI is InChI=1S/C16H16N4O3/c21-14-5-4-9-7-20(8-13(9)18-14)16(23)11-3-1-2-10-12(11)6-17-19-15(10)22/h1-3,6,9,13H,4-5,7-8H2,(H,18,21)(H,19,22). The quantitative estimate of drug-likeness (QED) is 0.790. The van der Waals surface area contributed by atoms with Crippen LogP contribution in [0.5, 0.6) is 0 Å². The van der Waals surface area contributed by atoms with Crippen molar-refractivity contribution in [1.29, 1.82) is 0 Å². The Morgan fingerprint density at radius 3 is 2.96 bits per heavy atom. The number of piperidine rings is 1. The molecule has 0 radical (unpaired) electrons. The lowest BCUT2D eigenvalue weighted by molar-refractivity contribution is -0.123. The van der Waals surface area contributed by atoms with Crippen LogP contribution < -0.4 is 10.9 Å². The number of rotatable bonds is 1. The van der Waals surface area contributed by atoms with Gasteiger partial charge in [-0.3, -0.25) is 14.4 Å². The van der Waals surface area contributed by atoms with E-state index >= 15 is 0 Å².